The normalized spacial score (nSPS) is 14.3. The second kappa shape index (κ2) is 7.98. The molecule has 0 unspecified atom stereocenters. The molecule has 1 aliphatic heterocycles. The van der Waals surface area contributed by atoms with E-state index in [0.717, 1.165) is 5.56 Å². The van der Waals surface area contributed by atoms with Crippen molar-refractivity contribution in [2.75, 3.05) is 18.4 Å². The third-order valence-corrected chi connectivity index (χ3v) is 5.71. The highest BCUT2D eigenvalue weighted by atomic mass is 32.2. The molecule has 30 heavy (non-hydrogen) atoms. The minimum absolute atomic E-state index is 0.139. The smallest absolute Gasteiger partial charge is 0.465 e. The number of amides is 1. The van der Waals surface area contributed by atoms with E-state index in [9.17, 15) is 31.2 Å². The number of carbonyl (C=O) groups excluding carboxylic acids is 2. The van der Waals surface area contributed by atoms with Crippen molar-refractivity contribution in [3.05, 3.63) is 64.7 Å². The van der Waals surface area contributed by atoms with Gasteiger partial charge in [-0.3, -0.25) is 9.52 Å². The largest absolute Gasteiger partial charge is 0.516 e. The molecule has 0 aliphatic carbocycles. The Bertz CT molecular complexity index is 1080. The van der Waals surface area contributed by atoms with Gasteiger partial charge in [0.2, 0.25) is 0 Å². The molecule has 160 valence electrons. The van der Waals surface area contributed by atoms with Gasteiger partial charge in [-0.15, -0.1) is 0 Å². The number of halogens is 3. The molecule has 0 atom stereocenters. The lowest BCUT2D eigenvalue weighted by molar-refractivity contribution is -0.0429. The monoisotopic (exact) mass is 442 g/mol. The van der Waals surface area contributed by atoms with E-state index in [4.69, 9.17) is 4.74 Å². The molecule has 1 aliphatic rings. The second-order valence-electron chi connectivity index (χ2n) is 6.56. The summed E-state index contributed by atoms with van der Waals surface area (Å²) in [5, 5.41) is 0. The molecule has 0 saturated carbocycles. The molecule has 0 aromatic heterocycles. The van der Waals surface area contributed by atoms with Gasteiger partial charge in [-0.25, -0.2) is 4.79 Å². The average molecular weight is 442 g/mol. The van der Waals surface area contributed by atoms with Crippen LogP contribution in [0.3, 0.4) is 0 Å². The molecular formula is C19H17F3N2O5S. The van der Waals surface area contributed by atoms with Crippen LogP contribution in [0.15, 0.2) is 42.5 Å². The summed E-state index contributed by atoms with van der Waals surface area (Å²) in [6.07, 6.45) is 0.523. The minimum Gasteiger partial charge on any atom is -0.465 e. The summed E-state index contributed by atoms with van der Waals surface area (Å²) in [6.45, 7) is 0.527. The highest BCUT2D eigenvalue weighted by Gasteiger charge is 2.46. The number of benzene rings is 2. The lowest BCUT2D eigenvalue weighted by Gasteiger charge is -2.29. The molecule has 2 aromatic rings. The van der Waals surface area contributed by atoms with Crippen LogP contribution < -0.4 is 4.72 Å². The highest BCUT2D eigenvalue weighted by Crippen LogP contribution is 2.27. The van der Waals surface area contributed by atoms with Gasteiger partial charge < -0.3 is 9.64 Å². The van der Waals surface area contributed by atoms with Gasteiger partial charge in [0, 0.05) is 18.8 Å². The molecular weight excluding hydrogens is 425 g/mol. The Labute approximate surface area is 170 Å². The summed E-state index contributed by atoms with van der Waals surface area (Å²) >= 11 is 0. The molecule has 0 bridgehead atoms. The third kappa shape index (κ3) is 4.25. The van der Waals surface area contributed by atoms with Crippen LogP contribution in [0.2, 0.25) is 0 Å². The predicted octanol–water partition coefficient (Wildman–Crippen LogP) is 2.93. The first-order valence-electron chi connectivity index (χ1n) is 8.71. The summed E-state index contributed by atoms with van der Waals surface area (Å²) in [4.78, 5) is 26.4. The average Bonchev–Trinajstić information content (AvgIpc) is 2.69. The van der Waals surface area contributed by atoms with Gasteiger partial charge in [0.05, 0.1) is 18.2 Å². The van der Waals surface area contributed by atoms with Crippen molar-refractivity contribution in [3.8, 4) is 0 Å². The first-order valence-corrected chi connectivity index (χ1v) is 10.2. The molecule has 0 fully saturated rings. The molecule has 1 heterocycles. The molecule has 3 rings (SSSR count). The van der Waals surface area contributed by atoms with Gasteiger partial charge in [0.15, 0.2) is 0 Å². The summed E-state index contributed by atoms with van der Waals surface area (Å²) in [7, 11) is -4.28. The standard InChI is InChI=1S/C19H17F3N2O5S/c1-29-18(26)15-4-2-3-13-9-10-24(17(25)16(13)15)11-12-5-7-14(8-6-12)23-30(27,28)19(20,21)22/h2-8,23H,9-11H2,1H3. The zero-order valence-corrected chi connectivity index (χ0v) is 16.5. The van der Waals surface area contributed by atoms with E-state index in [1.807, 2.05) is 0 Å². The first-order chi connectivity index (χ1) is 14.0. The molecule has 2 aromatic carbocycles. The summed E-state index contributed by atoms with van der Waals surface area (Å²) < 4.78 is 65.9. The van der Waals surface area contributed by atoms with Crippen molar-refractivity contribution < 1.29 is 35.9 Å². The van der Waals surface area contributed by atoms with Crippen LogP contribution >= 0.6 is 0 Å². The molecule has 1 N–H and O–H groups in total. The summed E-state index contributed by atoms with van der Waals surface area (Å²) in [6, 6.07) is 10.1. The Balaban J connectivity index is 1.77. The first kappa shape index (κ1) is 21.6. The van der Waals surface area contributed by atoms with Crippen molar-refractivity contribution in [2.45, 2.75) is 18.5 Å². The number of ether oxygens (including phenoxy) is 1. The number of methoxy groups -OCH3 is 1. The third-order valence-electron chi connectivity index (χ3n) is 4.59. The van der Waals surface area contributed by atoms with E-state index in [0.29, 0.717) is 18.5 Å². The summed E-state index contributed by atoms with van der Waals surface area (Å²) in [5.41, 5.74) is -3.92. The number of rotatable bonds is 5. The number of sulfonamides is 1. The fourth-order valence-electron chi connectivity index (χ4n) is 3.12. The quantitative estimate of drug-likeness (QED) is 0.719. The maximum absolute atomic E-state index is 12.9. The van der Waals surface area contributed by atoms with Gasteiger partial charge in [-0.1, -0.05) is 24.3 Å². The fraction of sp³-hybridized carbons (Fsp3) is 0.263. The molecule has 7 nitrogen and oxygen atoms in total. The van der Waals surface area contributed by atoms with Crippen LogP contribution in [0.25, 0.3) is 0 Å². The molecule has 0 saturated heterocycles. The van der Waals surface area contributed by atoms with E-state index in [-0.39, 0.29) is 29.3 Å². The van der Waals surface area contributed by atoms with Gasteiger partial charge in [-0.2, -0.15) is 21.6 Å². The fourth-order valence-corrected chi connectivity index (χ4v) is 3.68. The number of carbonyl (C=O) groups is 2. The van der Waals surface area contributed by atoms with Gasteiger partial charge >= 0.3 is 21.5 Å². The Morgan fingerprint density at radius 1 is 1.17 bits per heavy atom. The number of anilines is 1. The topological polar surface area (TPSA) is 92.8 Å². The van der Waals surface area contributed by atoms with E-state index >= 15 is 0 Å². The van der Waals surface area contributed by atoms with Crippen LogP contribution in [-0.4, -0.2) is 44.4 Å². The van der Waals surface area contributed by atoms with Crippen molar-refractivity contribution in [1.82, 2.24) is 4.90 Å². The second-order valence-corrected chi connectivity index (χ2v) is 8.23. The van der Waals surface area contributed by atoms with Crippen LogP contribution in [0, 0.1) is 0 Å². The van der Waals surface area contributed by atoms with Crippen molar-refractivity contribution in [3.63, 3.8) is 0 Å². The number of nitrogens with one attached hydrogen (secondary N) is 1. The van der Waals surface area contributed by atoms with Crippen molar-refractivity contribution in [1.29, 1.82) is 0 Å². The van der Waals surface area contributed by atoms with Crippen molar-refractivity contribution in [2.24, 2.45) is 0 Å². The zero-order chi connectivity index (χ0) is 22.1. The number of fused-ring (bicyclic) bond motifs is 1. The Hall–Kier alpha value is -3.08. The van der Waals surface area contributed by atoms with Crippen molar-refractivity contribution >= 4 is 27.6 Å². The Morgan fingerprint density at radius 3 is 2.43 bits per heavy atom. The van der Waals surface area contributed by atoms with Crippen LogP contribution in [0.4, 0.5) is 18.9 Å². The molecule has 0 spiro atoms. The number of hydrogen-bond donors (Lipinski definition) is 1. The number of nitrogens with zero attached hydrogens (tertiary/aromatic N) is 1. The van der Waals surface area contributed by atoms with Crippen LogP contribution in [0.1, 0.15) is 31.8 Å². The lowest BCUT2D eigenvalue weighted by atomic mass is 9.94. The number of alkyl halides is 3. The SMILES string of the molecule is COC(=O)c1cccc2c1C(=O)N(Cc1ccc(NS(=O)(=O)C(F)(F)F)cc1)CC2. The highest BCUT2D eigenvalue weighted by molar-refractivity contribution is 7.93. The maximum atomic E-state index is 12.9. The van der Waals surface area contributed by atoms with Gasteiger partial charge in [0.1, 0.15) is 0 Å². The minimum atomic E-state index is -5.51. The Morgan fingerprint density at radius 2 is 1.83 bits per heavy atom. The van der Waals surface area contributed by atoms with Crippen LogP contribution in [0.5, 0.6) is 0 Å². The van der Waals surface area contributed by atoms with Crippen LogP contribution in [-0.2, 0) is 27.7 Å². The summed E-state index contributed by atoms with van der Waals surface area (Å²) in [5.74, 6) is -0.984. The lowest BCUT2D eigenvalue weighted by Crippen LogP contribution is -2.38. The van der Waals surface area contributed by atoms with E-state index in [2.05, 4.69) is 0 Å². The van der Waals surface area contributed by atoms with Gasteiger partial charge in [-0.05, 0) is 35.7 Å². The van der Waals surface area contributed by atoms with E-state index in [1.54, 1.807) is 12.1 Å². The zero-order valence-electron chi connectivity index (χ0n) is 15.7. The molecule has 0 radical (unpaired) electrons. The van der Waals surface area contributed by atoms with Gasteiger partial charge in [0.25, 0.3) is 5.91 Å². The van der Waals surface area contributed by atoms with E-state index < -0.39 is 21.5 Å². The van der Waals surface area contributed by atoms with E-state index in [1.165, 1.54) is 47.1 Å². The molecule has 1 amide bonds. The number of esters is 1. The number of hydrogen-bond acceptors (Lipinski definition) is 5. The molecule has 11 heteroatoms. The maximum Gasteiger partial charge on any atom is 0.516 e. The Kier molecular flexibility index (Phi) is 5.75. The predicted molar refractivity (Wildman–Crippen MR) is 101 cm³/mol.